The molecule has 1 saturated carbocycles. The van der Waals surface area contributed by atoms with Crippen LogP contribution >= 0.6 is 0 Å². The molecule has 4 nitrogen and oxygen atoms in total. The molecule has 1 fully saturated rings. The number of carbonyl (C=O) groups is 2. The van der Waals surface area contributed by atoms with E-state index in [0.29, 0.717) is 22.4 Å². The molecular formula is C21H16O4. The third-order valence-corrected chi connectivity index (χ3v) is 4.16. The quantitative estimate of drug-likeness (QED) is 0.526. The Balaban J connectivity index is 1.70. The molecule has 0 aliphatic heterocycles. The molecule has 25 heavy (non-hydrogen) atoms. The molecule has 0 aromatic heterocycles. The van der Waals surface area contributed by atoms with Gasteiger partial charge in [-0.25, -0.2) is 4.79 Å². The van der Waals surface area contributed by atoms with Gasteiger partial charge in [0.15, 0.2) is 0 Å². The zero-order valence-corrected chi connectivity index (χ0v) is 13.5. The van der Waals surface area contributed by atoms with Crippen LogP contribution in [0.2, 0.25) is 0 Å². The maximum atomic E-state index is 12.4. The smallest absolute Gasteiger partial charge is 0.343 e. The second kappa shape index (κ2) is 6.40. The van der Waals surface area contributed by atoms with E-state index in [-0.39, 0.29) is 11.9 Å². The average Bonchev–Trinajstić information content (AvgIpc) is 3.48. The topological polar surface area (TPSA) is 52.6 Å². The number of carbonyl (C=O) groups excluding carboxylic acids is 2. The van der Waals surface area contributed by atoms with Gasteiger partial charge in [-0.3, -0.25) is 4.79 Å². The Bertz CT molecular complexity index is 937. The van der Waals surface area contributed by atoms with Crippen LogP contribution in [0.25, 0.3) is 10.8 Å². The van der Waals surface area contributed by atoms with Gasteiger partial charge in [0.2, 0.25) is 0 Å². The average molecular weight is 332 g/mol. The molecule has 0 unspecified atom stereocenters. The highest BCUT2D eigenvalue weighted by Crippen LogP contribution is 2.37. The summed E-state index contributed by atoms with van der Waals surface area (Å²) in [7, 11) is 0. The molecule has 1 aliphatic carbocycles. The van der Waals surface area contributed by atoms with Gasteiger partial charge in [0, 0.05) is 0 Å². The van der Waals surface area contributed by atoms with Crippen LogP contribution in [0.4, 0.5) is 0 Å². The van der Waals surface area contributed by atoms with Crippen LogP contribution in [0.3, 0.4) is 0 Å². The number of esters is 2. The Morgan fingerprint density at radius 1 is 0.760 bits per heavy atom. The first kappa shape index (κ1) is 15.4. The summed E-state index contributed by atoms with van der Waals surface area (Å²) in [5.74, 6) is 0.124. The highest BCUT2D eigenvalue weighted by molar-refractivity contribution is 5.99. The normalized spacial score (nSPS) is 13.4. The Morgan fingerprint density at radius 2 is 1.40 bits per heavy atom. The Labute approximate surface area is 145 Å². The third kappa shape index (κ3) is 3.24. The number of fused-ring (bicyclic) bond motifs is 1. The van der Waals surface area contributed by atoms with E-state index in [1.807, 2.05) is 30.3 Å². The monoisotopic (exact) mass is 332 g/mol. The molecule has 0 bridgehead atoms. The van der Waals surface area contributed by atoms with E-state index in [1.54, 1.807) is 36.4 Å². The van der Waals surface area contributed by atoms with Crippen molar-refractivity contribution in [3.63, 3.8) is 0 Å². The van der Waals surface area contributed by atoms with Gasteiger partial charge in [0.05, 0.1) is 16.9 Å². The number of ether oxygens (including phenoxy) is 2. The summed E-state index contributed by atoms with van der Waals surface area (Å²) in [4.78, 5) is 24.4. The fraction of sp³-hybridized carbons (Fsp3) is 0.143. The summed E-state index contributed by atoms with van der Waals surface area (Å²) >= 11 is 0. The lowest BCUT2D eigenvalue weighted by atomic mass is 10.1. The zero-order chi connectivity index (χ0) is 17.2. The zero-order valence-electron chi connectivity index (χ0n) is 13.5. The second-order valence-corrected chi connectivity index (χ2v) is 6.06. The number of benzene rings is 3. The first-order valence-electron chi connectivity index (χ1n) is 8.23. The van der Waals surface area contributed by atoms with Gasteiger partial charge in [-0.1, -0.05) is 42.5 Å². The molecule has 0 atom stereocenters. The first-order valence-corrected chi connectivity index (χ1v) is 8.23. The minimum atomic E-state index is -0.448. The van der Waals surface area contributed by atoms with Crippen molar-refractivity contribution in [3.8, 4) is 11.5 Å². The van der Waals surface area contributed by atoms with Gasteiger partial charge < -0.3 is 9.47 Å². The molecule has 0 heterocycles. The molecule has 0 saturated heterocycles. The fourth-order valence-corrected chi connectivity index (χ4v) is 2.69. The lowest BCUT2D eigenvalue weighted by Crippen LogP contribution is -2.11. The summed E-state index contributed by atoms with van der Waals surface area (Å²) in [6.07, 6.45) is 1.75. The molecule has 3 aromatic rings. The lowest BCUT2D eigenvalue weighted by Gasteiger charge is -2.12. The fourth-order valence-electron chi connectivity index (χ4n) is 2.69. The van der Waals surface area contributed by atoms with Crippen molar-refractivity contribution in [2.45, 2.75) is 12.8 Å². The lowest BCUT2D eigenvalue weighted by molar-refractivity contribution is -0.135. The van der Waals surface area contributed by atoms with Crippen LogP contribution in [-0.2, 0) is 4.79 Å². The van der Waals surface area contributed by atoms with Crippen LogP contribution < -0.4 is 9.47 Å². The summed E-state index contributed by atoms with van der Waals surface area (Å²) < 4.78 is 11.1. The third-order valence-electron chi connectivity index (χ3n) is 4.16. The van der Waals surface area contributed by atoms with E-state index >= 15 is 0 Å². The van der Waals surface area contributed by atoms with E-state index in [9.17, 15) is 9.59 Å². The van der Waals surface area contributed by atoms with Crippen molar-refractivity contribution >= 4 is 22.7 Å². The SMILES string of the molecule is O=C(Oc1cccc2cccc(OC(=O)C3CC3)c12)c1ccccc1. The van der Waals surface area contributed by atoms with Crippen LogP contribution in [-0.4, -0.2) is 11.9 Å². The van der Waals surface area contributed by atoms with Gasteiger partial charge in [-0.15, -0.1) is 0 Å². The summed E-state index contributed by atoms with van der Waals surface area (Å²) in [5, 5.41) is 1.47. The number of rotatable bonds is 4. The Kier molecular flexibility index (Phi) is 3.94. The number of hydrogen-bond acceptors (Lipinski definition) is 4. The van der Waals surface area contributed by atoms with Crippen molar-refractivity contribution < 1.29 is 19.1 Å². The molecular weight excluding hydrogens is 316 g/mol. The van der Waals surface area contributed by atoms with Crippen LogP contribution in [0.15, 0.2) is 66.7 Å². The van der Waals surface area contributed by atoms with E-state index in [4.69, 9.17) is 9.47 Å². The molecule has 0 spiro atoms. The van der Waals surface area contributed by atoms with Crippen molar-refractivity contribution in [3.05, 3.63) is 72.3 Å². The second-order valence-electron chi connectivity index (χ2n) is 6.06. The summed E-state index contributed by atoms with van der Waals surface area (Å²) in [6, 6.07) is 19.6. The van der Waals surface area contributed by atoms with E-state index in [1.165, 1.54) is 0 Å². The predicted octanol–water partition coefficient (Wildman–Crippen LogP) is 4.37. The van der Waals surface area contributed by atoms with Gasteiger partial charge in [0.25, 0.3) is 0 Å². The Morgan fingerprint density at radius 3 is 2.04 bits per heavy atom. The molecule has 0 radical (unpaired) electrons. The van der Waals surface area contributed by atoms with Crippen LogP contribution in [0.5, 0.6) is 11.5 Å². The molecule has 1 aliphatic rings. The minimum absolute atomic E-state index is 0.00529. The van der Waals surface area contributed by atoms with E-state index in [0.717, 1.165) is 18.2 Å². The van der Waals surface area contributed by atoms with E-state index in [2.05, 4.69) is 0 Å². The van der Waals surface area contributed by atoms with Gasteiger partial charge in [-0.2, -0.15) is 0 Å². The van der Waals surface area contributed by atoms with Crippen molar-refractivity contribution in [2.24, 2.45) is 5.92 Å². The van der Waals surface area contributed by atoms with Crippen LogP contribution in [0.1, 0.15) is 23.2 Å². The predicted molar refractivity (Wildman–Crippen MR) is 93.7 cm³/mol. The molecule has 0 amide bonds. The summed E-state index contributed by atoms with van der Waals surface area (Å²) in [6.45, 7) is 0. The molecule has 124 valence electrons. The largest absolute Gasteiger partial charge is 0.426 e. The van der Waals surface area contributed by atoms with Crippen molar-refractivity contribution in [2.75, 3.05) is 0 Å². The first-order chi connectivity index (χ1) is 12.2. The molecule has 0 N–H and O–H groups in total. The van der Waals surface area contributed by atoms with Crippen molar-refractivity contribution in [1.82, 2.24) is 0 Å². The van der Waals surface area contributed by atoms with E-state index < -0.39 is 5.97 Å². The molecule has 4 rings (SSSR count). The van der Waals surface area contributed by atoms with Gasteiger partial charge in [-0.05, 0) is 42.5 Å². The minimum Gasteiger partial charge on any atom is -0.426 e. The molecule has 4 heteroatoms. The Hall–Kier alpha value is -3.14. The summed E-state index contributed by atoms with van der Waals surface area (Å²) in [5.41, 5.74) is 0.465. The van der Waals surface area contributed by atoms with Crippen LogP contribution in [0, 0.1) is 5.92 Å². The number of hydrogen-bond donors (Lipinski definition) is 0. The molecule has 3 aromatic carbocycles. The highest BCUT2D eigenvalue weighted by Gasteiger charge is 2.32. The van der Waals surface area contributed by atoms with Gasteiger partial charge >= 0.3 is 11.9 Å². The standard InChI is InChI=1S/C21H16O4/c22-20(15-6-2-1-3-7-15)24-17-10-4-8-14-9-5-11-18(19(14)17)25-21(23)16-12-13-16/h1-11,16H,12-13H2. The highest BCUT2D eigenvalue weighted by atomic mass is 16.5. The van der Waals surface area contributed by atoms with Crippen molar-refractivity contribution in [1.29, 1.82) is 0 Å². The maximum Gasteiger partial charge on any atom is 0.343 e. The van der Waals surface area contributed by atoms with Gasteiger partial charge in [0.1, 0.15) is 11.5 Å². The maximum absolute atomic E-state index is 12.4.